The number of amides is 1. The molecule has 2 N–H and O–H groups in total. The van der Waals surface area contributed by atoms with Crippen LogP contribution in [0.1, 0.15) is 15.9 Å². The van der Waals surface area contributed by atoms with E-state index in [1.807, 2.05) is 17.4 Å². The average molecular weight is 556 g/mol. The predicted molar refractivity (Wildman–Crippen MR) is 145 cm³/mol. The molecule has 0 saturated heterocycles. The SMILES string of the molecule is COCCOCCOCCNC(=O)c1ccc(Nc2nccn3c(-c4ccc(OC(F)F)cc4)cnc23)cc1C. The number of rotatable bonds is 15. The Bertz CT molecular complexity index is 1400. The number of imidazole rings is 1. The van der Waals surface area contributed by atoms with Crippen LogP contribution in [0, 0.1) is 6.92 Å². The van der Waals surface area contributed by atoms with Crippen LogP contribution in [0.5, 0.6) is 5.75 Å². The van der Waals surface area contributed by atoms with Gasteiger partial charge < -0.3 is 29.6 Å². The number of carbonyl (C=O) groups is 1. The molecule has 2 heterocycles. The zero-order valence-corrected chi connectivity index (χ0v) is 22.2. The first-order valence-corrected chi connectivity index (χ1v) is 12.6. The second-order valence-corrected chi connectivity index (χ2v) is 8.64. The zero-order valence-electron chi connectivity index (χ0n) is 22.2. The van der Waals surface area contributed by atoms with E-state index in [9.17, 15) is 13.6 Å². The summed E-state index contributed by atoms with van der Waals surface area (Å²) >= 11 is 0. The summed E-state index contributed by atoms with van der Waals surface area (Å²) in [5.41, 5.74) is 4.20. The molecule has 4 aromatic rings. The maximum atomic E-state index is 12.6. The second-order valence-electron chi connectivity index (χ2n) is 8.64. The molecule has 0 aliphatic heterocycles. The number of halogens is 2. The summed E-state index contributed by atoms with van der Waals surface area (Å²) < 4.78 is 46.9. The fourth-order valence-electron chi connectivity index (χ4n) is 3.96. The summed E-state index contributed by atoms with van der Waals surface area (Å²) in [6.07, 6.45) is 5.09. The maximum Gasteiger partial charge on any atom is 0.387 e. The van der Waals surface area contributed by atoms with E-state index >= 15 is 0 Å². The highest BCUT2D eigenvalue weighted by Gasteiger charge is 2.13. The molecule has 40 heavy (non-hydrogen) atoms. The number of nitrogens with one attached hydrogen (secondary N) is 2. The Morgan fingerprint density at radius 3 is 2.48 bits per heavy atom. The van der Waals surface area contributed by atoms with Crippen LogP contribution < -0.4 is 15.4 Å². The number of anilines is 2. The molecule has 2 aromatic heterocycles. The van der Waals surface area contributed by atoms with Gasteiger partial charge in [0.1, 0.15) is 5.75 Å². The first-order chi connectivity index (χ1) is 19.5. The monoisotopic (exact) mass is 555 g/mol. The van der Waals surface area contributed by atoms with Gasteiger partial charge in [0.15, 0.2) is 11.5 Å². The second kappa shape index (κ2) is 14.3. The molecule has 212 valence electrons. The van der Waals surface area contributed by atoms with Crippen molar-refractivity contribution in [3.8, 4) is 17.0 Å². The third-order valence-electron chi connectivity index (χ3n) is 5.87. The minimum atomic E-state index is -2.88. The quantitative estimate of drug-likeness (QED) is 0.207. The van der Waals surface area contributed by atoms with E-state index in [-0.39, 0.29) is 11.7 Å². The van der Waals surface area contributed by atoms with Crippen LogP contribution in [0.25, 0.3) is 16.9 Å². The molecule has 0 radical (unpaired) electrons. The topological polar surface area (TPSA) is 108 Å². The van der Waals surface area contributed by atoms with Gasteiger partial charge in [0.2, 0.25) is 0 Å². The van der Waals surface area contributed by atoms with Crippen LogP contribution in [0.2, 0.25) is 0 Å². The Morgan fingerprint density at radius 2 is 1.75 bits per heavy atom. The summed E-state index contributed by atoms with van der Waals surface area (Å²) in [6, 6.07) is 11.7. The highest BCUT2D eigenvalue weighted by molar-refractivity contribution is 5.96. The average Bonchev–Trinajstić information content (AvgIpc) is 3.37. The van der Waals surface area contributed by atoms with Gasteiger partial charge >= 0.3 is 6.61 Å². The van der Waals surface area contributed by atoms with E-state index in [1.54, 1.807) is 50.0 Å². The van der Waals surface area contributed by atoms with Crippen LogP contribution in [0.4, 0.5) is 20.3 Å². The highest BCUT2D eigenvalue weighted by atomic mass is 19.3. The number of methoxy groups -OCH3 is 1. The molecule has 0 fully saturated rings. The normalized spacial score (nSPS) is 11.2. The number of aryl methyl sites for hydroxylation is 1. The van der Waals surface area contributed by atoms with Gasteiger partial charge in [-0.15, -0.1) is 0 Å². The number of aromatic nitrogens is 3. The van der Waals surface area contributed by atoms with Crippen molar-refractivity contribution in [3.05, 3.63) is 72.2 Å². The maximum absolute atomic E-state index is 12.6. The molecule has 0 unspecified atom stereocenters. The van der Waals surface area contributed by atoms with Crippen LogP contribution >= 0.6 is 0 Å². The van der Waals surface area contributed by atoms with Crippen molar-refractivity contribution >= 4 is 23.1 Å². The van der Waals surface area contributed by atoms with Gasteiger partial charge in [0.25, 0.3) is 5.91 Å². The van der Waals surface area contributed by atoms with Gasteiger partial charge in [-0.3, -0.25) is 9.20 Å². The number of carbonyl (C=O) groups excluding carboxylic acids is 1. The molecular weight excluding hydrogens is 524 g/mol. The lowest BCUT2D eigenvalue weighted by Crippen LogP contribution is -2.28. The largest absolute Gasteiger partial charge is 0.435 e. The van der Waals surface area contributed by atoms with Gasteiger partial charge in [-0.25, -0.2) is 9.97 Å². The molecular formula is C28H31F2N5O5. The Morgan fingerprint density at radius 1 is 1.00 bits per heavy atom. The zero-order chi connectivity index (χ0) is 28.3. The number of fused-ring (bicyclic) bond motifs is 1. The van der Waals surface area contributed by atoms with Gasteiger partial charge in [0.05, 0.1) is 44.9 Å². The summed E-state index contributed by atoms with van der Waals surface area (Å²) in [5, 5.41) is 6.12. The summed E-state index contributed by atoms with van der Waals surface area (Å²) in [4.78, 5) is 21.6. The number of hydrogen-bond acceptors (Lipinski definition) is 8. The van der Waals surface area contributed by atoms with Crippen molar-refractivity contribution in [2.24, 2.45) is 0 Å². The predicted octanol–water partition coefficient (Wildman–Crippen LogP) is 4.46. The molecule has 10 nitrogen and oxygen atoms in total. The van der Waals surface area contributed by atoms with Crippen molar-refractivity contribution in [1.82, 2.24) is 19.7 Å². The molecule has 0 bridgehead atoms. The van der Waals surface area contributed by atoms with E-state index in [0.29, 0.717) is 56.6 Å². The Balaban J connectivity index is 1.35. The number of hydrogen-bond donors (Lipinski definition) is 2. The van der Waals surface area contributed by atoms with Gasteiger partial charge in [-0.1, -0.05) is 0 Å². The molecule has 0 spiro atoms. The summed E-state index contributed by atoms with van der Waals surface area (Å²) in [7, 11) is 1.62. The van der Waals surface area contributed by atoms with Crippen molar-refractivity contribution in [2.75, 3.05) is 52.0 Å². The van der Waals surface area contributed by atoms with Crippen LogP contribution in [-0.4, -0.2) is 73.6 Å². The Labute approximate surface area is 230 Å². The van der Waals surface area contributed by atoms with Crippen molar-refractivity contribution in [3.63, 3.8) is 0 Å². The van der Waals surface area contributed by atoms with E-state index in [2.05, 4.69) is 25.3 Å². The molecule has 0 aliphatic rings. The van der Waals surface area contributed by atoms with E-state index in [0.717, 1.165) is 22.5 Å². The Kier molecular flexibility index (Phi) is 10.3. The fraction of sp³-hybridized carbons (Fsp3) is 0.321. The third kappa shape index (κ3) is 7.72. The highest BCUT2D eigenvalue weighted by Crippen LogP contribution is 2.27. The number of ether oxygens (including phenoxy) is 4. The van der Waals surface area contributed by atoms with Crippen LogP contribution in [0.3, 0.4) is 0 Å². The van der Waals surface area contributed by atoms with Crippen LogP contribution in [0.15, 0.2) is 61.1 Å². The van der Waals surface area contributed by atoms with Gasteiger partial charge in [-0.2, -0.15) is 8.78 Å². The lowest BCUT2D eigenvalue weighted by atomic mass is 10.1. The standard InChI is InChI=1S/C28H31F2N5O5/c1-19-17-21(5-8-23(19)27(36)32-10-12-38-15-16-39-14-13-37-2)34-25-26-33-18-24(35(26)11-9-31-25)20-3-6-22(7-4-20)40-28(29)30/h3-9,11,17-18,28H,10,12-16H2,1-2H3,(H,31,34)(H,32,36). The number of nitrogens with zero attached hydrogens (tertiary/aromatic N) is 3. The first-order valence-electron chi connectivity index (χ1n) is 12.6. The smallest absolute Gasteiger partial charge is 0.387 e. The minimum Gasteiger partial charge on any atom is -0.435 e. The summed E-state index contributed by atoms with van der Waals surface area (Å²) in [6.45, 7) is 1.72. The van der Waals surface area contributed by atoms with E-state index < -0.39 is 6.61 Å². The lowest BCUT2D eigenvalue weighted by molar-refractivity contribution is -0.0498. The molecule has 0 atom stereocenters. The lowest BCUT2D eigenvalue weighted by Gasteiger charge is -2.12. The van der Waals surface area contributed by atoms with Crippen LogP contribution in [-0.2, 0) is 14.2 Å². The van der Waals surface area contributed by atoms with Gasteiger partial charge in [0, 0.05) is 42.9 Å². The van der Waals surface area contributed by atoms with Crippen molar-refractivity contribution in [2.45, 2.75) is 13.5 Å². The first kappa shape index (κ1) is 28.9. The van der Waals surface area contributed by atoms with Crippen molar-refractivity contribution in [1.29, 1.82) is 0 Å². The van der Waals surface area contributed by atoms with E-state index in [4.69, 9.17) is 14.2 Å². The minimum absolute atomic E-state index is 0.0805. The fourth-order valence-corrected chi connectivity index (χ4v) is 3.96. The molecule has 2 aromatic carbocycles. The molecule has 0 aliphatic carbocycles. The van der Waals surface area contributed by atoms with Crippen molar-refractivity contribution < 1.29 is 32.5 Å². The number of alkyl halides is 2. The Hall–Kier alpha value is -4.13. The third-order valence-corrected chi connectivity index (χ3v) is 5.87. The van der Waals surface area contributed by atoms with Gasteiger partial charge in [-0.05, 0) is 55.0 Å². The summed E-state index contributed by atoms with van der Waals surface area (Å²) in [5.74, 6) is 0.412. The molecule has 1 amide bonds. The molecule has 4 rings (SSSR count). The molecule has 12 heteroatoms. The van der Waals surface area contributed by atoms with E-state index in [1.165, 1.54) is 12.1 Å². The number of benzene rings is 2. The molecule has 0 saturated carbocycles.